The van der Waals surface area contributed by atoms with Gasteiger partial charge in [0.25, 0.3) is 0 Å². The lowest BCUT2D eigenvalue weighted by atomic mass is 10.1. The van der Waals surface area contributed by atoms with Gasteiger partial charge in [-0.15, -0.1) is 11.8 Å². The molecule has 1 rings (SSSR count). The lowest BCUT2D eigenvalue weighted by Crippen LogP contribution is -2.11. The molecular formula is C13H14O4S2. The molecule has 1 aromatic carbocycles. The van der Waals surface area contributed by atoms with Crippen molar-refractivity contribution in [2.75, 3.05) is 6.61 Å². The molecular weight excluding hydrogens is 284 g/mol. The van der Waals surface area contributed by atoms with Crippen molar-refractivity contribution in [2.24, 2.45) is 0 Å². The molecule has 0 radical (unpaired) electrons. The number of carbonyl (C=O) groups is 2. The number of ether oxygens (including phenoxy) is 1. The summed E-state index contributed by atoms with van der Waals surface area (Å²) < 4.78 is 5.76. The number of thioether (sulfide) groups is 1. The van der Waals surface area contributed by atoms with Crippen LogP contribution < -0.4 is 4.74 Å². The molecule has 0 aromatic heterocycles. The Hall–Kier alpha value is -1.40. The molecule has 0 aliphatic rings. The smallest absolute Gasteiger partial charge is 0.341 e. The molecule has 0 heterocycles. The van der Waals surface area contributed by atoms with Crippen molar-refractivity contribution < 1.29 is 19.4 Å². The van der Waals surface area contributed by atoms with Crippen LogP contribution in [0, 0.1) is 0 Å². The van der Waals surface area contributed by atoms with Gasteiger partial charge in [0.05, 0.1) is 5.25 Å². The van der Waals surface area contributed by atoms with Gasteiger partial charge in [-0.3, -0.25) is 0 Å². The standard InChI is InChI=1S/C13H14O4S2/c1-9(18)19-12(7-14)6-10-2-4-11(5-3-10)17-8-13(15)16/h2-5,7,12H,6,8H2,1H3,(H,15,16). The molecule has 0 spiro atoms. The largest absolute Gasteiger partial charge is 0.482 e. The van der Waals surface area contributed by atoms with Gasteiger partial charge in [-0.25, -0.2) is 4.79 Å². The predicted molar refractivity (Wildman–Crippen MR) is 79.0 cm³/mol. The second-order valence-electron chi connectivity index (χ2n) is 3.81. The van der Waals surface area contributed by atoms with E-state index in [0.29, 0.717) is 12.2 Å². The van der Waals surface area contributed by atoms with E-state index in [2.05, 4.69) is 0 Å². The van der Waals surface area contributed by atoms with E-state index in [4.69, 9.17) is 22.1 Å². The third kappa shape index (κ3) is 6.35. The van der Waals surface area contributed by atoms with E-state index in [-0.39, 0.29) is 11.9 Å². The maximum absolute atomic E-state index is 10.9. The van der Waals surface area contributed by atoms with Gasteiger partial charge >= 0.3 is 5.97 Å². The van der Waals surface area contributed by atoms with E-state index >= 15 is 0 Å². The van der Waals surface area contributed by atoms with Gasteiger partial charge < -0.3 is 14.6 Å². The summed E-state index contributed by atoms with van der Waals surface area (Å²) >= 11 is 6.33. The number of hydrogen-bond donors (Lipinski definition) is 1. The summed E-state index contributed by atoms with van der Waals surface area (Å²) in [5.41, 5.74) is 0.975. The first-order chi connectivity index (χ1) is 9.01. The average molecular weight is 298 g/mol. The van der Waals surface area contributed by atoms with E-state index in [0.717, 1.165) is 16.0 Å². The van der Waals surface area contributed by atoms with Crippen molar-refractivity contribution in [1.82, 2.24) is 0 Å². The Kier molecular flexibility index (Phi) is 6.52. The van der Waals surface area contributed by atoms with E-state index in [1.165, 1.54) is 11.8 Å². The van der Waals surface area contributed by atoms with Crippen LogP contribution in [-0.4, -0.2) is 33.4 Å². The number of carboxylic acid groups (broad SMARTS) is 1. The maximum atomic E-state index is 10.9. The first kappa shape index (κ1) is 15.7. The highest BCUT2D eigenvalue weighted by Crippen LogP contribution is 2.19. The molecule has 0 saturated carbocycles. The molecule has 0 bridgehead atoms. The van der Waals surface area contributed by atoms with Crippen molar-refractivity contribution in [3.05, 3.63) is 29.8 Å². The zero-order valence-corrected chi connectivity index (χ0v) is 12.0. The molecule has 1 N–H and O–H groups in total. The molecule has 0 saturated heterocycles. The Balaban J connectivity index is 2.57. The van der Waals surface area contributed by atoms with E-state index in [1.807, 2.05) is 12.1 Å². The summed E-state index contributed by atoms with van der Waals surface area (Å²) in [5.74, 6) is -0.523. The second kappa shape index (κ2) is 7.91. The van der Waals surface area contributed by atoms with Gasteiger partial charge in [-0.1, -0.05) is 24.4 Å². The number of thiocarbonyl (C=S) groups is 1. The molecule has 19 heavy (non-hydrogen) atoms. The Morgan fingerprint density at radius 1 is 1.47 bits per heavy atom. The summed E-state index contributed by atoms with van der Waals surface area (Å²) in [6.45, 7) is 1.43. The van der Waals surface area contributed by atoms with Gasteiger partial charge in [0.15, 0.2) is 6.61 Å². The molecule has 1 unspecified atom stereocenters. The highest BCUT2D eigenvalue weighted by molar-refractivity contribution is 8.23. The summed E-state index contributed by atoms with van der Waals surface area (Å²) in [6, 6.07) is 7.00. The van der Waals surface area contributed by atoms with Crippen molar-refractivity contribution in [1.29, 1.82) is 0 Å². The Morgan fingerprint density at radius 3 is 2.58 bits per heavy atom. The van der Waals surface area contributed by atoms with Crippen LogP contribution in [0.15, 0.2) is 24.3 Å². The third-order valence-corrected chi connectivity index (χ3v) is 3.39. The van der Waals surface area contributed by atoms with Gasteiger partial charge in [0.1, 0.15) is 12.0 Å². The monoisotopic (exact) mass is 298 g/mol. The number of carboxylic acids is 1. The molecule has 0 fully saturated rings. The lowest BCUT2D eigenvalue weighted by Gasteiger charge is -2.09. The molecule has 0 aliphatic carbocycles. The molecule has 4 nitrogen and oxygen atoms in total. The summed E-state index contributed by atoms with van der Waals surface area (Å²) in [5, 5.41) is 8.29. The highest BCUT2D eigenvalue weighted by atomic mass is 32.2. The van der Waals surface area contributed by atoms with Crippen molar-refractivity contribution in [3.63, 3.8) is 0 Å². The number of benzene rings is 1. The zero-order valence-electron chi connectivity index (χ0n) is 10.4. The van der Waals surface area contributed by atoms with Gasteiger partial charge in [-0.05, 0) is 31.0 Å². The van der Waals surface area contributed by atoms with E-state index in [9.17, 15) is 9.59 Å². The SMILES string of the molecule is CC(=S)SC(C=O)Cc1ccc(OCC(=O)O)cc1. The van der Waals surface area contributed by atoms with Crippen LogP contribution >= 0.6 is 24.0 Å². The van der Waals surface area contributed by atoms with E-state index < -0.39 is 5.97 Å². The minimum absolute atomic E-state index is 0.191. The molecule has 0 amide bonds. The van der Waals surface area contributed by atoms with Crippen LogP contribution in [0.4, 0.5) is 0 Å². The minimum Gasteiger partial charge on any atom is -0.482 e. The topological polar surface area (TPSA) is 63.6 Å². The number of rotatable bonds is 7. The number of carbonyl (C=O) groups excluding carboxylic acids is 1. The Bertz CT molecular complexity index is 456. The van der Waals surface area contributed by atoms with Crippen molar-refractivity contribution >= 4 is 40.4 Å². The zero-order chi connectivity index (χ0) is 14.3. The van der Waals surface area contributed by atoms with Crippen LogP contribution in [0.5, 0.6) is 5.75 Å². The Morgan fingerprint density at radius 2 is 2.11 bits per heavy atom. The summed E-state index contributed by atoms with van der Waals surface area (Å²) in [4.78, 5) is 21.3. The molecule has 1 atom stereocenters. The third-order valence-electron chi connectivity index (χ3n) is 2.19. The number of aliphatic carboxylic acids is 1. The van der Waals surface area contributed by atoms with Crippen molar-refractivity contribution in [2.45, 2.75) is 18.6 Å². The van der Waals surface area contributed by atoms with Gasteiger partial charge in [-0.2, -0.15) is 0 Å². The average Bonchev–Trinajstić information content (AvgIpc) is 2.36. The second-order valence-corrected chi connectivity index (χ2v) is 6.14. The van der Waals surface area contributed by atoms with Crippen LogP contribution in [0.25, 0.3) is 0 Å². The summed E-state index contributed by atoms with van der Waals surface area (Å²) in [6.07, 6.45) is 1.47. The van der Waals surface area contributed by atoms with Crippen LogP contribution in [-0.2, 0) is 16.0 Å². The molecule has 0 aliphatic heterocycles. The quantitative estimate of drug-likeness (QED) is 0.616. The normalized spacial score (nSPS) is 11.6. The highest BCUT2D eigenvalue weighted by Gasteiger charge is 2.10. The molecule has 102 valence electrons. The fourth-order valence-electron chi connectivity index (χ4n) is 1.43. The maximum Gasteiger partial charge on any atom is 0.341 e. The fraction of sp³-hybridized carbons (Fsp3) is 0.308. The fourth-order valence-corrected chi connectivity index (χ4v) is 2.56. The lowest BCUT2D eigenvalue weighted by molar-refractivity contribution is -0.139. The van der Waals surface area contributed by atoms with Gasteiger partial charge in [0.2, 0.25) is 0 Å². The predicted octanol–water partition coefficient (Wildman–Crippen LogP) is 2.34. The first-order valence-electron chi connectivity index (χ1n) is 5.57. The molecule has 1 aromatic rings. The first-order valence-corrected chi connectivity index (χ1v) is 6.86. The van der Waals surface area contributed by atoms with Crippen LogP contribution in [0.1, 0.15) is 12.5 Å². The van der Waals surface area contributed by atoms with Crippen LogP contribution in [0.3, 0.4) is 0 Å². The Labute approximate surface area is 121 Å². The van der Waals surface area contributed by atoms with Gasteiger partial charge in [0, 0.05) is 4.20 Å². The molecule has 6 heteroatoms. The number of hydrogen-bond acceptors (Lipinski definition) is 5. The minimum atomic E-state index is -1.02. The van der Waals surface area contributed by atoms with E-state index in [1.54, 1.807) is 19.1 Å². The summed E-state index contributed by atoms with van der Waals surface area (Å²) in [7, 11) is 0. The van der Waals surface area contributed by atoms with Crippen LogP contribution in [0.2, 0.25) is 0 Å². The van der Waals surface area contributed by atoms with Crippen molar-refractivity contribution in [3.8, 4) is 5.75 Å². The number of aldehydes is 1.